The van der Waals surface area contributed by atoms with Crippen LogP contribution in [0.15, 0.2) is 0 Å². The minimum atomic E-state index is -0.244. The highest BCUT2D eigenvalue weighted by molar-refractivity contribution is 5.81. The first-order valence-electron chi connectivity index (χ1n) is 7.09. The van der Waals surface area contributed by atoms with Gasteiger partial charge >= 0.3 is 0 Å². The lowest BCUT2D eigenvalue weighted by molar-refractivity contribution is -0.141. The Morgan fingerprint density at radius 1 is 1.06 bits per heavy atom. The third-order valence-corrected chi connectivity index (χ3v) is 3.96. The minimum Gasteiger partial charge on any atom is -0.379 e. The van der Waals surface area contributed by atoms with Crippen LogP contribution < -0.4 is 0 Å². The number of morpholine rings is 1. The van der Waals surface area contributed by atoms with Crippen molar-refractivity contribution < 1.29 is 9.53 Å². The summed E-state index contributed by atoms with van der Waals surface area (Å²) in [6.45, 7) is 11.7. The van der Waals surface area contributed by atoms with E-state index in [1.807, 2.05) is 25.7 Å². The number of amides is 1. The quantitative estimate of drug-likeness (QED) is 0.708. The molecule has 104 valence electrons. The molecule has 0 N–H and O–H groups in total. The number of carbonyl (C=O) groups is 1. The van der Waals surface area contributed by atoms with E-state index in [0.717, 1.165) is 52.2 Å². The summed E-state index contributed by atoms with van der Waals surface area (Å²) in [4.78, 5) is 16.8. The lowest BCUT2D eigenvalue weighted by Crippen LogP contribution is -2.51. The highest BCUT2D eigenvalue weighted by atomic mass is 16.5. The largest absolute Gasteiger partial charge is 0.379 e. The standard InChI is InChI=1S/C14H26N2O2/c1-14(2,3)13(17)16-6-4-12(5-7-16)15-8-10-18-11-9-15/h12H,4-11H2,1-3H3. The summed E-state index contributed by atoms with van der Waals surface area (Å²) in [5.41, 5.74) is -0.244. The van der Waals surface area contributed by atoms with Crippen molar-refractivity contribution in [2.45, 2.75) is 39.7 Å². The second kappa shape index (κ2) is 5.57. The summed E-state index contributed by atoms with van der Waals surface area (Å²) in [7, 11) is 0. The van der Waals surface area contributed by atoms with E-state index in [4.69, 9.17) is 4.74 Å². The van der Waals surface area contributed by atoms with Gasteiger partial charge in [0.15, 0.2) is 0 Å². The molecule has 4 nitrogen and oxygen atoms in total. The van der Waals surface area contributed by atoms with E-state index in [9.17, 15) is 4.79 Å². The van der Waals surface area contributed by atoms with Crippen LogP contribution in [0, 0.1) is 5.41 Å². The molecule has 2 fully saturated rings. The summed E-state index contributed by atoms with van der Waals surface area (Å²) >= 11 is 0. The maximum absolute atomic E-state index is 12.2. The number of hydrogen-bond donors (Lipinski definition) is 0. The second-order valence-corrected chi connectivity index (χ2v) is 6.42. The van der Waals surface area contributed by atoms with Gasteiger partial charge < -0.3 is 9.64 Å². The molecule has 2 rings (SSSR count). The molecule has 18 heavy (non-hydrogen) atoms. The highest BCUT2D eigenvalue weighted by Crippen LogP contribution is 2.23. The van der Waals surface area contributed by atoms with Gasteiger partial charge in [-0.05, 0) is 12.8 Å². The van der Waals surface area contributed by atoms with E-state index in [2.05, 4.69) is 4.90 Å². The Hall–Kier alpha value is -0.610. The van der Waals surface area contributed by atoms with Crippen molar-refractivity contribution in [3.8, 4) is 0 Å². The zero-order valence-electron chi connectivity index (χ0n) is 11.9. The van der Waals surface area contributed by atoms with Crippen LogP contribution in [0.3, 0.4) is 0 Å². The molecule has 0 bridgehead atoms. The van der Waals surface area contributed by atoms with E-state index >= 15 is 0 Å². The molecule has 0 spiro atoms. The van der Waals surface area contributed by atoms with Crippen molar-refractivity contribution in [2.75, 3.05) is 39.4 Å². The summed E-state index contributed by atoms with van der Waals surface area (Å²) < 4.78 is 5.39. The minimum absolute atomic E-state index is 0.244. The van der Waals surface area contributed by atoms with Crippen LogP contribution in [0.25, 0.3) is 0 Å². The number of ether oxygens (including phenoxy) is 1. The molecule has 0 aromatic heterocycles. The summed E-state index contributed by atoms with van der Waals surface area (Å²) in [5.74, 6) is 0.294. The molecule has 2 saturated heterocycles. The normalized spacial score (nSPS) is 24.3. The van der Waals surface area contributed by atoms with Crippen molar-refractivity contribution in [1.82, 2.24) is 9.80 Å². The van der Waals surface area contributed by atoms with E-state index in [1.165, 1.54) is 0 Å². The summed E-state index contributed by atoms with van der Waals surface area (Å²) in [6, 6.07) is 0.651. The Morgan fingerprint density at radius 2 is 1.61 bits per heavy atom. The summed E-state index contributed by atoms with van der Waals surface area (Å²) in [5, 5.41) is 0. The number of rotatable bonds is 1. The zero-order chi connectivity index (χ0) is 13.2. The van der Waals surface area contributed by atoms with Gasteiger partial charge in [0.2, 0.25) is 5.91 Å². The molecule has 2 aliphatic heterocycles. The van der Waals surface area contributed by atoms with Gasteiger partial charge in [-0.2, -0.15) is 0 Å². The molecule has 1 amide bonds. The lowest BCUT2D eigenvalue weighted by atomic mass is 9.92. The molecule has 2 aliphatic rings. The molecular formula is C14H26N2O2. The Bertz CT molecular complexity index is 285. The maximum Gasteiger partial charge on any atom is 0.227 e. The Balaban J connectivity index is 1.82. The van der Waals surface area contributed by atoms with Crippen molar-refractivity contribution in [3.63, 3.8) is 0 Å². The third-order valence-electron chi connectivity index (χ3n) is 3.96. The van der Waals surface area contributed by atoms with Gasteiger partial charge in [0, 0.05) is 37.6 Å². The molecule has 0 aromatic carbocycles. The molecule has 0 aliphatic carbocycles. The van der Waals surface area contributed by atoms with E-state index in [0.29, 0.717) is 11.9 Å². The Morgan fingerprint density at radius 3 is 2.11 bits per heavy atom. The monoisotopic (exact) mass is 254 g/mol. The van der Waals surface area contributed by atoms with Gasteiger partial charge in [0.1, 0.15) is 0 Å². The predicted octanol–water partition coefficient (Wildman–Crippen LogP) is 1.36. The van der Waals surface area contributed by atoms with Gasteiger partial charge in [-0.3, -0.25) is 9.69 Å². The van der Waals surface area contributed by atoms with Crippen LogP contribution in [-0.2, 0) is 9.53 Å². The average Bonchev–Trinajstić information content (AvgIpc) is 2.38. The van der Waals surface area contributed by atoms with Crippen LogP contribution in [0.2, 0.25) is 0 Å². The zero-order valence-corrected chi connectivity index (χ0v) is 11.9. The number of piperidine rings is 1. The van der Waals surface area contributed by atoms with Gasteiger partial charge in [-0.25, -0.2) is 0 Å². The van der Waals surface area contributed by atoms with Gasteiger partial charge in [0.05, 0.1) is 13.2 Å². The molecular weight excluding hydrogens is 228 g/mol. The first-order valence-corrected chi connectivity index (χ1v) is 7.09. The highest BCUT2D eigenvalue weighted by Gasteiger charge is 2.32. The van der Waals surface area contributed by atoms with Crippen molar-refractivity contribution in [2.24, 2.45) is 5.41 Å². The van der Waals surface area contributed by atoms with Crippen LogP contribution in [-0.4, -0.2) is 61.1 Å². The van der Waals surface area contributed by atoms with Crippen LogP contribution in [0.4, 0.5) is 0 Å². The molecule has 0 aromatic rings. The van der Waals surface area contributed by atoms with E-state index in [-0.39, 0.29) is 5.41 Å². The SMILES string of the molecule is CC(C)(C)C(=O)N1CCC(N2CCOCC2)CC1. The Kier molecular flexibility index (Phi) is 4.28. The van der Waals surface area contributed by atoms with Gasteiger partial charge in [0.25, 0.3) is 0 Å². The average molecular weight is 254 g/mol. The fraction of sp³-hybridized carbons (Fsp3) is 0.929. The van der Waals surface area contributed by atoms with Gasteiger partial charge in [-0.1, -0.05) is 20.8 Å². The first-order chi connectivity index (χ1) is 8.48. The molecule has 4 heteroatoms. The lowest BCUT2D eigenvalue weighted by Gasteiger charge is -2.41. The molecule has 0 saturated carbocycles. The van der Waals surface area contributed by atoms with Crippen LogP contribution in [0.1, 0.15) is 33.6 Å². The molecule has 0 unspecified atom stereocenters. The number of likely N-dealkylation sites (tertiary alicyclic amines) is 1. The van der Waals surface area contributed by atoms with Gasteiger partial charge in [-0.15, -0.1) is 0 Å². The number of hydrogen-bond acceptors (Lipinski definition) is 3. The smallest absolute Gasteiger partial charge is 0.227 e. The molecule has 0 radical (unpaired) electrons. The van der Waals surface area contributed by atoms with E-state index in [1.54, 1.807) is 0 Å². The fourth-order valence-corrected chi connectivity index (χ4v) is 2.85. The first kappa shape index (κ1) is 13.8. The summed E-state index contributed by atoms with van der Waals surface area (Å²) in [6.07, 6.45) is 2.23. The van der Waals surface area contributed by atoms with Crippen molar-refractivity contribution in [1.29, 1.82) is 0 Å². The topological polar surface area (TPSA) is 32.8 Å². The molecule has 0 atom stereocenters. The molecule has 2 heterocycles. The second-order valence-electron chi connectivity index (χ2n) is 6.42. The Labute approximate surface area is 110 Å². The fourth-order valence-electron chi connectivity index (χ4n) is 2.85. The van der Waals surface area contributed by atoms with E-state index < -0.39 is 0 Å². The number of nitrogens with zero attached hydrogens (tertiary/aromatic N) is 2. The maximum atomic E-state index is 12.2. The van der Waals surface area contributed by atoms with Crippen LogP contribution in [0.5, 0.6) is 0 Å². The predicted molar refractivity (Wildman–Crippen MR) is 71.4 cm³/mol. The van der Waals surface area contributed by atoms with Crippen LogP contribution >= 0.6 is 0 Å². The van der Waals surface area contributed by atoms with Crippen molar-refractivity contribution >= 4 is 5.91 Å². The van der Waals surface area contributed by atoms with Crippen molar-refractivity contribution in [3.05, 3.63) is 0 Å². The number of carbonyl (C=O) groups excluding carboxylic acids is 1. The third kappa shape index (κ3) is 3.23.